The first kappa shape index (κ1) is 25.0. The van der Waals surface area contributed by atoms with Crippen molar-refractivity contribution in [2.45, 2.75) is 89.5 Å². The Kier molecular flexibility index (Phi) is 7.35. The molecule has 2 rings (SSSR count). The van der Waals surface area contributed by atoms with E-state index < -0.39 is 0 Å². The molecule has 0 saturated carbocycles. The number of benzene rings is 2. The average Bonchev–Trinajstić information content (AvgIpc) is 2.55. The third kappa shape index (κ3) is 6.38. The minimum atomic E-state index is -0.0485. The zero-order valence-electron chi connectivity index (χ0n) is 21.9. The fourth-order valence-corrected chi connectivity index (χ4v) is 4.07. The Labute approximate surface area is 190 Å². The van der Waals surface area contributed by atoms with Crippen LogP contribution in [0.25, 0.3) is 0 Å². The van der Waals surface area contributed by atoms with Gasteiger partial charge in [0, 0.05) is 28.7 Å². The van der Waals surface area contributed by atoms with E-state index in [1.54, 1.807) is 0 Å². The molecule has 0 aliphatic heterocycles. The maximum absolute atomic E-state index is 5.26. The van der Waals surface area contributed by atoms with Gasteiger partial charge in [-0.05, 0) is 63.8 Å². The van der Waals surface area contributed by atoms with Gasteiger partial charge in [-0.1, -0.05) is 76.9 Å². The van der Waals surface area contributed by atoms with Gasteiger partial charge in [0.05, 0.1) is 11.4 Å². The smallest absolute Gasteiger partial charge is 0.0687 e. The maximum Gasteiger partial charge on any atom is 0.0687 e. The molecule has 0 saturated heterocycles. The van der Waals surface area contributed by atoms with Crippen molar-refractivity contribution in [1.82, 2.24) is 0 Å². The first-order valence-corrected chi connectivity index (χ1v) is 11.4. The Hall–Kier alpha value is -2.22. The molecule has 0 aliphatic carbocycles. The zero-order chi connectivity index (χ0) is 23.7. The summed E-state index contributed by atoms with van der Waals surface area (Å²) in [6, 6.07) is 8.90. The first-order valence-electron chi connectivity index (χ1n) is 11.4. The molecule has 0 radical (unpaired) electrons. The lowest BCUT2D eigenvalue weighted by Gasteiger charge is -2.28. The van der Waals surface area contributed by atoms with Crippen molar-refractivity contribution in [1.29, 1.82) is 0 Å². The summed E-state index contributed by atoms with van der Waals surface area (Å²) in [4.78, 5) is 10.5. The van der Waals surface area contributed by atoms with Crippen LogP contribution < -0.4 is 0 Å². The predicted octanol–water partition coefficient (Wildman–Crippen LogP) is 8.86. The largest absolute Gasteiger partial charge is 0.256 e. The molecule has 2 aromatic rings. The van der Waals surface area contributed by atoms with Crippen LogP contribution in [0.4, 0.5) is 11.4 Å². The van der Waals surface area contributed by atoms with Crippen LogP contribution in [0.15, 0.2) is 34.3 Å². The number of hydrogen-bond donors (Lipinski definition) is 0. The Bertz CT molecular complexity index is 892. The minimum Gasteiger partial charge on any atom is -0.256 e. The molecule has 168 valence electrons. The molecule has 31 heavy (non-hydrogen) atoms. The third-order valence-electron chi connectivity index (χ3n) is 5.83. The van der Waals surface area contributed by atoms with Crippen LogP contribution >= 0.6 is 0 Å². The van der Waals surface area contributed by atoms with E-state index in [1.165, 1.54) is 44.8 Å². The summed E-state index contributed by atoms with van der Waals surface area (Å²) >= 11 is 0. The molecule has 2 heteroatoms. The summed E-state index contributed by atoms with van der Waals surface area (Å²) in [5, 5.41) is 0. The summed E-state index contributed by atoms with van der Waals surface area (Å²) in [7, 11) is 0. The highest BCUT2D eigenvalue weighted by Crippen LogP contribution is 2.33. The quantitative estimate of drug-likeness (QED) is 0.443. The van der Waals surface area contributed by atoms with Gasteiger partial charge in [-0.15, -0.1) is 0 Å². The van der Waals surface area contributed by atoms with Gasteiger partial charge in [0.15, 0.2) is 0 Å². The van der Waals surface area contributed by atoms with Crippen LogP contribution in [0.3, 0.4) is 0 Å². The molecular weight excluding hydrogens is 376 g/mol. The van der Waals surface area contributed by atoms with Gasteiger partial charge >= 0.3 is 0 Å². The standard InChI is InChI=1S/C29H42N2/c1-18-13-20(3)26(21(4)14-18)30-24(28(7,8)9)17-25(29(10,11)12)31-27-22(5)15-19(2)16-23(27)6/h13-16H,17H2,1-12H3. The average molecular weight is 419 g/mol. The van der Waals surface area contributed by atoms with Crippen molar-refractivity contribution in [3.8, 4) is 0 Å². The molecule has 0 atom stereocenters. The van der Waals surface area contributed by atoms with Gasteiger partial charge in [-0.3, -0.25) is 9.98 Å². The van der Waals surface area contributed by atoms with Crippen LogP contribution in [0, 0.1) is 52.4 Å². The molecular formula is C29H42N2. The molecule has 2 aromatic carbocycles. The van der Waals surface area contributed by atoms with Crippen LogP contribution in [-0.2, 0) is 0 Å². The third-order valence-corrected chi connectivity index (χ3v) is 5.83. The topological polar surface area (TPSA) is 24.7 Å². The van der Waals surface area contributed by atoms with Gasteiger partial charge in [0.1, 0.15) is 0 Å². The van der Waals surface area contributed by atoms with Gasteiger partial charge in [0.2, 0.25) is 0 Å². The van der Waals surface area contributed by atoms with Gasteiger partial charge in [-0.2, -0.15) is 0 Å². The normalized spacial score (nSPS) is 13.7. The molecule has 0 aromatic heterocycles. The lowest BCUT2D eigenvalue weighted by Crippen LogP contribution is -2.29. The van der Waals surface area contributed by atoms with Crippen LogP contribution in [-0.4, -0.2) is 11.4 Å². The van der Waals surface area contributed by atoms with E-state index in [4.69, 9.17) is 9.98 Å². The summed E-state index contributed by atoms with van der Waals surface area (Å²) in [6.07, 6.45) is 0.770. The Morgan fingerprint density at radius 3 is 1.03 bits per heavy atom. The van der Waals surface area contributed by atoms with Gasteiger partial charge < -0.3 is 0 Å². The summed E-state index contributed by atoms with van der Waals surface area (Å²) < 4.78 is 0. The van der Waals surface area contributed by atoms with Crippen LogP contribution in [0.5, 0.6) is 0 Å². The van der Waals surface area contributed by atoms with Crippen LogP contribution in [0.1, 0.15) is 81.3 Å². The van der Waals surface area contributed by atoms with E-state index in [9.17, 15) is 0 Å². The Balaban J connectivity index is 2.66. The Morgan fingerprint density at radius 2 is 0.806 bits per heavy atom. The number of rotatable bonds is 4. The highest BCUT2D eigenvalue weighted by atomic mass is 14.8. The highest BCUT2D eigenvalue weighted by molar-refractivity contribution is 6.10. The Morgan fingerprint density at radius 1 is 0.548 bits per heavy atom. The van der Waals surface area contributed by atoms with Crippen LogP contribution in [0.2, 0.25) is 0 Å². The summed E-state index contributed by atoms with van der Waals surface area (Å²) in [5.41, 5.74) is 12.0. The SMILES string of the molecule is Cc1cc(C)c(N=C(CC(=Nc2c(C)cc(C)cc2C)C(C)(C)C)C(C)(C)C)c(C)c1. The monoisotopic (exact) mass is 418 g/mol. The second-order valence-corrected chi connectivity index (χ2v) is 11.3. The molecule has 0 heterocycles. The second-order valence-electron chi connectivity index (χ2n) is 11.3. The summed E-state index contributed by atoms with van der Waals surface area (Å²) in [5.74, 6) is 0. The zero-order valence-corrected chi connectivity index (χ0v) is 21.9. The molecule has 2 nitrogen and oxygen atoms in total. The van der Waals surface area contributed by atoms with E-state index in [0.29, 0.717) is 0 Å². The molecule has 0 fully saturated rings. The fourth-order valence-electron chi connectivity index (χ4n) is 4.07. The lowest BCUT2D eigenvalue weighted by molar-refractivity contribution is 0.564. The molecule has 0 aliphatic rings. The fraction of sp³-hybridized carbons (Fsp3) is 0.517. The van der Waals surface area contributed by atoms with Gasteiger partial charge in [0.25, 0.3) is 0 Å². The molecule has 0 spiro atoms. The molecule has 0 N–H and O–H groups in total. The van der Waals surface area contributed by atoms with E-state index in [1.807, 2.05) is 0 Å². The minimum absolute atomic E-state index is 0.0485. The summed E-state index contributed by atoms with van der Waals surface area (Å²) in [6.45, 7) is 26.5. The van der Waals surface area contributed by atoms with Crippen molar-refractivity contribution in [2.75, 3.05) is 0 Å². The predicted molar refractivity (Wildman–Crippen MR) is 139 cm³/mol. The number of aliphatic imine (C=N–C) groups is 2. The highest BCUT2D eigenvalue weighted by Gasteiger charge is 2.27. The van der Waals surface area contributed by atoms with Crippen molar-refractivity contribution < 1.29 is 0 Å². The molecule has 0 bridgehead atoms. The molecule has 0 unspecified atom stereocenters. The van der Waals surface area contributed by atoms with Gasteiger partial charge in [-0.25, -0.2) is 0 Å². The van der Waals surface area contributed by atoms with E-state index in [-0.39, 0.29) is 10.8 Å². The van der Waals surface area contributed by atoms with Crippen molar-refractivity contribution in [3.63, 3.8) is 0 Å². The van der Waals surface area contributed by atoms with Crippen molar-refractivity contribution in [3.05, 3.63) is 57.6 Å². The van der Waals surface area contributed by atoms with Crippen molar-refractivity contribution in [2.24, 2.45) is 20.8 Å². The van der Waals surface area contributed by atoms with E-state index in [0.717, 1.165) is 17.8 Å². The first-order chi connectivity index (χ1) is 14.1. The van der Waals surface area contributed by atoms with E-state index in [2.05, 4.69) is 107 Å². The van der Waals surface area contributed by atoms with Crippen molar-refractivity contribution >= 4 is 22.8 Å². The number of hydrogen-bond acceptors (Lipinski definition) is 2. The lowest BCUT2D eigenvalue weighted by atomic mass is 9.80. The maximum atomic E-state index is 5.26. The molecule has 0 amide bonds. The number of nitrogens with zero attached hydrogens (tertiary/aromatic N) is 2. The number of aryl methyl sites for hydroxylation is 6. The second kappa shape index (κ2) is 9.10. The van der Waals surface area contributed by atoms with E-state index >= 15 is 0 Å².